The molecule has 1 aromatic carbocycles. The van der Waals surface area contributed by atoms with Crippen LogP contribution in [0.5, 0.6) is 0 Å². The molecule has 4 rings (SSSR count). The molecule has 2 heterocycles. The maximum Gasteiger partial charge on any atom is 0.260 e. The number of aromatic nitrogens is 1. The SMILES string of the molecule is [2H]C([2H])([2H])N(C(=O)[C@@H]1[C@H](O)[C@H](O)C(=O)N1c1cc2c(c(C)n1)CCCC2)c1cc(Cl)c(F)cc1F. The molecule has 10 heteroatoms. The minimum absolute atomic E-state index is 0.0190. The zero-order chi connectivity index (χ0) is 25.8. The van der Waals surface area contributed by atoms with Crippen LogP contribution in [0.15, 0.2) is 18.2 Å². The van der Waals surface area contributed by atoms with Gasteiger partial charge in [0.05, 0.1) is 10.7 Å². The molecule has 1 aliphatic carbocycles. The normalized spacial score (nSPS) is 24.6. The standard InChI is InChI=1S/C22H22ClF2N3O4/c1-10-12-6-4-3-5-11(12)7-17(26-10)28-18(19(29)20(30)22(28)32)21(31)27(2)16-8-13(23)14(24)9-15(16)25/h7-9,18-20,29-30H,3-6H2,1-2H3/t18-,19-,20-/m0/s1/i2D3. The molecule has 0 unspecified atom stereocenters. The number of fused-ring (bicyclic) bond motifs is 1. The van der Waals surface area contributed by atoms with E-state index in [4.69, 9.17) is 15.7 Å². The molecule has 0 spiro atoms. The Kier molecular flexibility index (Phi) is 4.95. The number of hydrogen-bond donors (Lipinski definition) is 2. The van der Waals surface area contributed by atoms with Crippen LogP contribution in [0.2, 0.25) is 5.02 Å². The molecule has 0 saturated carbocycles. The van der Waals surface area contributed by atoms with Gasteiger partial charge in [-0.2, -0.15) is 0 Å². The van der Waals surface area contributed by atoms with Crippen molar-refractivity contribution in [2.24, 2.45) is 0 Å². The number of hydrogen-bond acceptors (Lipinski definition) is 5. The predicted molar refractivity (Wildman–Crippen MR) is 114 cm³/mol. The molecule has 1 fully saturated rings. The third-order valence-electron chi connectivity index (χ3n) is 5.90. The lowest BCUT2D eigenvalue weighted by Crippen LogP contribution is -2.50. The quantitative estimate of drug-likeness (QED) is 0.674. The molecule has 1 aliphatic heterocycles. The van der Waals surface area contributed by atoms with Gasteiger partial charge in [0.15, 0.2) is 6.10 Å². The highest BCUT2D eigenvalue weighted by molar-refractivity contribution is 6.31. The Morgan fingerprint density at radius 2 is 1.97 bits per heavy atom. The number of halogens is 3. The number of pyridine rings is 1. The maximum atomic E-state index is 14.6. The van der Waals surface area contributed by atoms with Gasteiger partial charge in [0.25, 0.3) is 11.8 Å². The van der Waals surface area contributed by atoms with E-state index < -0.39 is 59.4 Å². The fourth-order valence-electron chi connectivity index (χ4n) is 4.25. The van der Waals surface area contributed by atoms with Gasteiger partial charge >= 0.3 is 0 Å². The average Bonchev–Trinajstić information content (AvgIpc) is 3.00. The van der Waals surface area contributed by atoms with E-state index in [1.54, 1.807) is 13.0 Å². The van der Waals surface area contributed by atoms with E-state index in [-0.39, 0.29) is 10.7 Å². The molecule has 7 nitrogen and oxygen atoms in total. The highest BCUT2D eigenvalue weighted by Crippen LogP contribution is 2.33. The van der Waals surface area contributed by atoms with Crippen molar-refractivity contribution in [1.82, 2.24) is 4.98 Å². The Morgan fingerprint density at radius 3 is 2.69 bits per heavy atom. The van der Waals surface area contributed by atoms with Gasteiger partial charge in [0, 0.05) is 22.8 Å². The number of likely N-dealkylation sites (N-methyl/N-ethyl adjacent to an activating group) is 1. The number of carbonyl (C=O) groups excluding carboxylic acids is 2. The topological polar surface area (TPSA) is 94.0 Å². The van der Waals surface area contributed by atoms with Crippen LogP contribution >= 0.6 is 11.6 Å². The summed E-state index contributed by atoms with van der Waals surface area (Å²) in [6, 6.07) is 0.567. The third kappa shape index (κ3) is 3.64. The van der Waals surface area contributed by atoms with Crippen molar-refractivity contribution in [1.29, 1.82) is 0 Å². The Labute approximate surface area is 192 Å². The maximum absolute atomic E-state index is 14.6. The number of amides is 2. The monoisotopic (exact) mass is 468 g/mol. The van der Waals surface area contributed by atoms with Crippen LogP contribution < -0.4 is 9.80 Å². The van der Waals surface area contributed by atoms with Crippen LogP contribution in [0.1, 0.15) is 33.8 Å². The van der Waals surface area contributed by atoms with Gasteiger partial charge in [0.2, 0.25) is 0 Å². The molecule has 0 radical (unpaired) electrons. The predicted octanol–water partition coefficient (Wildman–Crippen LogP) is 2.30. The number of aryl methyl sites for hydroxylation is 2. The summed E-state index contributed by atoms with van der Waals surface area (Å²) in [6.07, 6.45) is -0.755. The molecular weight excluding hydrogens is 444 g/mol. The summed E-state index contributed by atoms with van der Waals surface area (Å²) in [6.45, 7) is -1.59. The molecule has 1 saturated heterocycles. The first-order valence-electron chi connectivity index (χ1n) is 11.5. The Hall–Kier alpha value is -2.62. The summed E-state index contributed by atoms with van der Waals surface area (Å²) in [5, 5.41) is 20.3. The van der Waals surface area contributed by atoms with E-state index in [1.165, 1.54) is 0 Å². The van der Waals surface area contributed by atoms with Gasteiger partial charge in [-0.3, -0.25) is 14.5 Å². The third-order valence-corrected chi connectivity index (χ3v) is 6.19. The molecule has 0 bridgehead atoms. The second-order valence-corrected chi connectivity index (χ2v) is 8.30. The van der Waals surface area contributed by atoms with Crippen LogP contribution in [0, 0.1) is 18.6 Å². The molecule has 2 amide bonds. The van der Waals surface area contributed by atoms with Crippen molar-refractivity contribution in [3.63, 3.8) is 0 Å². The summed E-state index contributed by atoms with van der Waals surface area (Å²) in [5.41, 5.74) is 1.61. The van der Waals surface area contributed by atoms with Crippen molar-refractivity contribution in [2.45, 2.75) is 50.9 Å². The molecule has 3 atom stereocenters. The first-order chi connectivity index (χ1) is 16.3. The number of benzene rings is 1. The van der Waals surface area contributed by atoms with Crippen LogP contribution in [0.4, 0.5) is 20.3 Å². The van der Waals surface area contributed by atoms with E-state index in [2.05, 4.69) is 4.98 Å². The van der Waals surface area contributed by atoms with Gasteiger partial charge in [-0.05, 0) is 55.9 Å². The number of anilines is 2. The average molecular weight is 469 g/mol. The molecule has 170 valence electrons. The highest BCUT2D eigenvalue weighted by Gasteiger charge is 2.52. The largest absolute Gasteiger partial charge is 0.387 e. The summed E-state index contributed by atoms with van der Waals surface area (Å²) in [7, 11) is 0. The van der Waals surface area contributed by atoms with Crippen LogP contribution in [-0.2, 0) is 22.4 Å². The zero-order valence-electron chi connectivity index (χ0n) is 20.0. The van der Waals surface area contributed by atoms with Crippen molar-refractivity contribution >= 4 is 34.9 Å². The lowest BCUT2D eigenvalue weighted by atomic mass is 9.91. The van der Waals surface area contributed by atoms with Gasteiger partial charge < -0.3 is 15.1 Å². The molecular formula is C22H22ClF2N3O4. The fourth-order valence-corrected chi connectivity index (χ4v) is 4.41. The summed E-state index contributed by atoms with van der Waals surface area (Å²) >= 11 is 5.70. The Morgan fingerprint density at radius 1 is 1.25 bits per heavy atom. The van der Waals surface area contributed by atoms with Crippen molar-refractivity contribution in [3.8, 4) is 0 Å². The number of aliphatic hydroxyl groups excluding tert-OH is 2. The van der Waals surface area contributed by atoms with Crippen LogP contribution in [0.25, 0.3) is 0 Å². The van der Waals surface area contributed by atoms with Gasteiger partial charge in [-0.1, -0.05) is 11.6 Å². The highest BCUT2D eigenvalue weighted by atomic mass is 35.5. The van der Waals surface area contributed by atoms with Crippen molar-refractivity contribution < 1.29 is 32.7 Å². The minimum atomic E-state index is -3.32. The second-order valence-electron chi connectivity index (χ2n) is 7.89. The minimum Gasteiger partial charge on any atom is -0.387 e. The molecule has 2 aromatic rings. The van der Waals surface area contributed by atoms with Gasteiger partial charge in [-0.25, -0.2) is 13.8 Å². The summed E-state index contributed by atoms with van der Waals surface area (Å²) in [4.78, 5) is 31.6. The number of carbonyl (C=O) groups is 2. The molecule has 32 heavy (non-hydrogen) atoms. The zero-order valence-corrected chi connectivity index (χ0v) is 17.7. The lowest BCUT2D eigenvalue weighted by molar-refractivity contribution is -0.126. The molecule has 1 aromatic heterocycles. The molecule has 2 N–H and O–H groups in total. The van der Waals surface area contributed by atoms with Gasteiger partial charge in [0.1, 0.15) is 29.6 Å². The van der Waals surface area contributed by atoms with Crippen molar-refractivity contribution in [2.75, 3.05) is 16.8 Å². The number of rotatable bonds is 3. The fraction of sp³-hybridized carbons (Fsp3) is 0.409. The number of nitrogens with zero attached hydrogens (tertiary/aromatic N) is 3. The lowest BCUT2D eigenvalue weighted by Gasteiger charge is -2.30. The first-order valence-corrected chi connectivity index (χ1v) is 10.4. The van der Waals surface area contributed by atoms with Gasteiger partial charge in [-0.15, -0.1) is 0 Å². The molecule has 2 aliphatic rings. The van der Waals surface area contributed by atoms with Crippen LogP contribution in [0.3, 0.4) is 0 Å². The van der Waals surface area contributed by atoms with E-state index in [1.807, 2.05) is 0 Å². The first kappa shape index (κ1) is 18.9. The Bertz CT molecular complexity index is 1210. The van der Waals surface area contributed by atoms with Crippen molar-refractivity contribution in [3.05, 3.63) is 51.7 Å². The van der Waals surface area contributed by atoms with E-state index in [0.717, 1.165) is 35.3 Å². The Balaban J connectivity index is 1.84. The number of aliphatic hydroxyl groups is 2. The van der Waals surface area contributed by atoms with E-state index in [0.29, 0.717) is 24.2 Å². The van der Waals surface area contributed by atoms with Crippen LogP contribution in [-0.4, -0.2) is 52.2 Å². The second kappa shape index (κ2) is 8.38. The van der Waals surface area contributed by atoms with E-state index in [9.17, 15) is 28.6 Å². The summed E-state index contributed by atoms with van der Waals surface area (Å²) < 4.78 is 51.7. The van der Waals surface area contributed by atoms with E-state index >= 15 is 0 Å². The smallest absolute Gasteiger partial charge is 0.260 e. The summed E-state index contributed by atoms with van der Waals surface area (Å²) in [5.74, 6) is -5.12.